The van der Waals surface area contributed by atoms with Gasteiger partial charge in [-0.2, -0.15) is 8.42 Å². The maximum Gasteiger partial charge on any atom is 0.397 e. The molecule has 0 aromatic rings. The van der Waals surface area contributed by atoms with E-state index in [2.05, 4.69) is 16.1 Å². The van der Waals surface area contributed by atoms with Gasteiger partial charge in [0.15, 0.2) is 0 Å². The first kappa shape index (κ1) is 17.0. The first-order valence-electron chi connectivity index (χ1n) is 5.48. The van der Waals surface area contributed by atoms with Crippen LogP contribution in [0, 0.1) is 0 Å². The fraction of sp³-hybridized carbons (Fsp3) is 0.700. The molecule has 8 heteroatoms. The van der Waals surface area contributed by atoms with Gasteiger partial charge in [-0.05, 0) is 13.3 Å². The number of hydrogen-bond acceptors (Lipinski definition) is 5. The highest BCUT2D eigenvalue weighted by Crippen LogP contribution is 2.11. The van der Waals surface area contributed by atoms with E-state index in [-0.39, 0.29) is 12.1 Å². The number of nitrogens with zero attached hydrogens (tertiary/aromatic N) is 1. The van der Waals surface area contributed by atoms with Gasteiger partial charge in [0.25, 0.3) is 0 Å². The van der Waals surface area contributed by atoms with E-state index in [0.717, 1.165) is 26.6 Å². The fourth-order valence-corrected chi connectivity index (χ4v) is 1.44. The lowest BCUT2D eigenvalue weighted by molar-refractivity contribution is -0.129. The molecule has 1 amide bonds. The van der Waals surface area contributed by atoms with E-state index in [1.807, 2.05) is 11.8 Å². The Bertz CT molecular complexity index is 368. The highest BCUT2D eigenvalue weighted by molar-refractivity contribution is 7.80. The lowest BCUT2D eigenvalue weighted by Crippen LogP contribution is -2.44. The highest BCUT2D eigenvalue weighted by Gasteiger charge is 2.23. The van der Waals surface area contributed by atoms with Crippen LogP contribution in [0.1, 0.15) is 19.8 Å². The molecule has 0 aromatic carbocycles. The number of carbonyl (C=O) groups is 1. The Kier molecular flexibility index (Phi) is 7.76. The number of likely N-dealkylation sites (tertiary alicyclic amines) is 1. The van der Waals surface area contributed by atoms with Gasteiger partial charge < -0.3 is 4.90 Å². The summed E-state index contributed by atoms with van der Waals surface area (Å²) >= 11 is 0. The van der Waals surface area contributed by atoms with Crippen LogP contribution in [0.5, 0.6) is 0 Å². The largest absolute Gasteiger partial charge is 0.397 e. The Labute approximate surface area is 108 Å². The van der Waals surface area contributed by atoms with Crippen molar-refractivity contribution in [2.45, 2.75) is 25.9 Å². The topological polar surface area (TPSA) is 95.9 Å². The molecule has 0 saturated carbocycles. The summed E-state index contributed by atoms with van der Waals surface area (Å²) in [5.74, 6) is 0.263. The van der Waals surface area contributed by atoms with Gasteiger partial charge >= 0.3 is 10.4 Å². The lowest BCUT2D eigenvalue weighted by Gasteiger charge is -2.24. The number of hydrogen-bond donors (Lipinski definition) is 2. The van der Waals surface area contributed by atoms with E-state index in [9.17, 15) is 13.2 Å². The van der Waals surface area contributed by atoms with Crippen LogP contribution >= 0.6 is 0 Å². The third-order valence-corrected chi connectivity index (χ3v) is 2.77. The second-order valence-electron chi connectivity index (χ2n) is 3.66. The predicted octanol–water partition coefficient (Wildman–Crippen LogP) is 0.166. The summed E-state index contributed by atoms with van der Waals surface area (Å²) in [7, 11) is -3.29. The summed E-state index contributed by atoms with van der Waals surface area (Å²) in [5.41, 5.74) is 0. The van der Waals surface area contributed by atoms with Gasteiger partial charge in [-0.1, -0.05) is 6.08 Å². The Hall–Kier alpha value is -0.960. The monoisotopic (exact) mass is 280 g/mol. The van der Waals surface area contributed by atoms with Crippen molar-refractivity contribution in [2.75, 3.05) is 20.2 Å². The predicted molar refractivity (Wildman–Crippen MR) is 67.2 cm³/mol. The van der Waals surface area contributed by atoms with E-state index in [1.165, 1.54) is 0 Å². The molecule has 1 atom stereocenters. The van der Waals surface area contributed by atoms with Gasteiger partial charge in [-0.3, -0.25) is 18.8 Å². The van der Waals surface area contributed by atoms with Crippen LogP contribution in [0.15, 0.2) is 12.7 Å². The van der Waals surface area contributed by atoms with Gasteiger partial charge in [0.1, 0.15) is 0 Å². The second kappa shape index (κ2) is 8.20. The van der Waals surface area contributed by atoms with Gasteiger partial charge in [-0.25, -0.2) is 0 Å². The van der Waals surface area contributed by atoms with Gasteiger partial charge in [-0.15, -0.1) is 6.58 Å². The molecule has 1 rings (SSSR count). The molecule has 1 unspecified atom stereocenters. The molecule has 106 valence electrons. The molecule has 0 spiro atoms. The molecule has 1 saturated heterocycles. The zero-order valence-electron chi connectivity index (χ0n) is 10.6. The lowest BCUT2D eigenvalue weighted by atomic mass is 10.4. The average molecular weight is 280 g/mol. The maximum absolute atomic E-state index is 11.2. The molecule has 0 aromatic heterocycles. The molecule has 0 radical (unpaired) electrons. The minimum atomic E-state index is -4.16. The minimum Gasteiger partial charge on any atom is -0.327 e. The van der Waals surface area contributed by atoms with E-state index >= 15 is 0 Å². The molecule has 18 heavy (non-hydrogen) atoms. The van der Waals surface area contributed by atoms with Crippen molar-refractivity contribution >= 4 is 16.3 Å². The normalized spacial score (nSPS) is 17.1. The third-order valence-electron chi connectivity index (χ3n) is 2.35. The standard InChI is InChI=1S/C9H16N2O.CH4O4S/c1-3-6-10-8(2)11-7-4-5-9(11)12;1-5-6(2,3)4/h3,8,10H,1,4-7H2,2H3;1H3,(H,2,3,4). The Morgan fingerprint density at radius 3 is 2.56 bits per heavy atom. The second-order valence-corrected chi connectivity index (χ2v) is 4.85. The molecule has 0 bridgehead atoms. The third kappa shape index (κ3) is 7.38. The summed E-state index contributed by atoms with van der Waals surface area (Å²) in [6.07, 6.45) is 3.66. The van der Waals surface area contributed by atoms with Crippen molar-refractivity contribution in [1.82, 2.24) is 10.2 Å². The molecule has 1 heterocycles. The molecule has 0 aliphatic carbocycles. The summed E-state index contributed by atoms with van der Waals surface area (Å²) in [5, 5.41) is 3.19. The van der Waals surface area contributed by atoms with Crippen molar-refractivity contribution in [3.8, 4) is 0 Å². The molecule has 2 N–H and O–H groups in total. The summed E-state index contributed by atoms with van der Waals surface area (Å²) < 4.78 is 29.7. The molecular formula is C10H20N2O5S. The molecule has 1 aliphatic rings. The SMILES string of the molecule is C=CCNC(C)N1CCCC1=O.COS(=O)(=O)O. The maximum atomic E-state index is 11.2. The highest BCUT2D eigenvalue weighted by atomic mass is 32.3. The smallest absolute Gasteiger partial charge is 0.327 e. The number of nitrogens with one attached hydrogen (secondary N) is 1. The van der Waals surface area contributed by atoms with Crippen LogP contribution in [0.3, 0.4) is 0 Å². The van der Waals surface area contributed by atoms with Crippen molar-refractivity contribution in [3.63, 3.8) is 0 Å². The minimum absolute atomic E-state index is 0.151. The van der Waals surface area contributed by atoms with Crippen molar-refractivity contribution in [2.24, 2.45) is 0 Å². The van der Waals surface area contributed by atoms with E-state index in [0.29, 0.717) is 6.42 Å². The number of amides is 1. The van der Waals surface area contributed by atoms with Crippen molar-refractivity contribution in [3.05, 3.63) is 12.7 Å². The average Bonchev–Trinajstić information content (AvgIpc) is 2.72. The van der Waals surface area contributed by atoms with Crippen LogP contribution < -0.4 is 5.32 Å². The van der Waals surface area contributed by atoms with Crippen LogP contribution in [-0.4, -0.2) is 50.1 Å². The molecule has 7 nitrogen and oxygen atoms in total. The molecule has 1 fully saturated rings. The summed E-state index contributed by atoms with van der Waals surface area (Å²) in [6.45, 7) is 7.27. The summed E-state index contributed by atoms with van der Waals surface area (Å²) in [4.78, 5) is 13.1. The number of rotatable bonds is 5. The first-order chi connectivity index (χ1) is 8.31. The zero-order valence-corrected chi connectivity index (χ0v) is 11.4. The molecular weight excluding hydrogens is 260 g/mol. The van der Waals surface area contributed by atoms with Crippen LogP contribution in [0.25, 0.3) is 0 Å². The fourth-order valence-electron chi connectivity index (χ4n) is 1.44. The zero-order chi connectivity index (χ0) is 14.2. The van der Waals surface area contributed by atoms with Crippen molar-refractivity contribution in [1.29, 1.82) is 0 Å². The van der Waals surface area contributed by atoms with Crippen LogP contribution in [-0.2, 0) is 19.4 Å². The Balaban J connectivity index is 0.000000411. The Morgan fingerprint density at radius 1 is 1.67 bits per heavy atom. The quantitative estimate of drug-likeness (QED) is 0.550. The van der Waals surface area contributed by atoms with Crippen LogP contribution in [0.2, 0.25) is 0 Å². The van der Waals surface area contributed by atoms with E-state index < -0.39 is 10.4 Å². The van der Waals surface area contributed by atoms with Crippen molar-refractivity contribution < 1.29 is 21.9 Å². The van der Waals surface area contributed by atoms with E-state index in [4.69, 9.17) is 4.55 Å². The van der Waals surface area contributed by atoms with Gasteiger partial charge in [0, 0.05) is 19.5 Å². The van der Waals surface area contributed by atoms with Gasteiger partial charge in [0.2, 0.25) is 5.91 Å². The number of carbonyl (C=O) groups excluding carboxylic acids is 1. The van der Waals surface area contributed by atoms with Crippen LogP contribution in [0.4, 0.5) is 0 Å². The Morgan fingerprint density at radius 2 is 2.22 bits per heavy atom. The van der Waals surface area contributed by atoms with E-state index in [1.54, 1.807) is 6.08 Å². The van der Waals surface area contributed by atoms with Gasteiger partial charge in [0.05, 0.1) is 13.3 Å². The summed E-state index contributed by atoms with van der Waals surface area (Å²) in [6, 6.07) is 0. The first-order valence-corrected chi connectivity index (χ1v) is 6.85. The molecule has 1 aliphatic heterocycles.